The first-order chi connectivity index (χ1) is 12.3. The van der Waals surface area contributed by atoms with Crippen LogP contribution in [0.15, 0.2) is 18.2 Å². The number of ether oxygens (including phenoxy) is 2. The maximum atomic E-state index is 12.6. The van der Waals surface area contributed by atoms with Gasteiger partial charge in [0.15, 0.2) is 6.10 Å². The number of nitrogens with one attached hydrogen (secondary N) is 3. The standard InChI is InChI=1S/C18H19N3O5/c1-8-14(18(24)25-4)9(2)19-15(8)17(23)20-11-5-6-13-12(7-11)21-16(22)10(3)26-13/h5-7,10,19H,1-4H3,(H,20,23)(H,21,22)/t10-/m0/s1. The number of methoxy groups -OCH3 is 1. The molecule has 2 amide bonds. The highest BCUT2D eigenvalue weighted by Crippen LogP contribution is 2.32. The summed E-state index contributed by atoms with van der Waals surface area (Å²) in [5, 5.41) is 5.47. The minimum absolute atomic E-state index is 0.250. The van der Waals surface area contributed by atoms with Crippen LogP contribution in [0.1, 0.15) is 39.0 Å². The fourth-order valence-electron chi connectivity index (χ4n) is 2.87. The Hall–Kier alpha value is -3.29. The number of rotatable bonds is 3. The lowest BCUT2D eigenvalue weighted by atomic mass is 10.1. The number of carbonyl (C=O) groups is 3. The Bertz CT molecular complexity index is 916. The van der Waals surface area contributed by atoms with Gasteiger partial charge in [0.25, 0.3) is 11.8 Å². The average molecular weight is 357 g/mol. The van der Waals surface area contributed by atoms with Gasteiger partial charge in [-0.3, -0.25) is 9.59 Å². The molecule has 1 atom stereocenters. The lowest BCUT2D eigenvalue weighted by Crippen LogP contribution is -2.34. The van der Waals surface area contributed by atoms with Crippen molar-refractivity contribution in [1.82, 2.24) is 4.98 Å². The van der Waals surface area contributed by atoms with Crippen LogP contribution in [0, 0.1) is 13.8 Å². The summed E-state index contributed by atoms with van der Waals surface area (Å²) in [6, 6.07) is 4.96. The Morgan fingerprint density at radius 2 is 2.00 bits per heavy atom. The number of aromatic amines is 1. The van der Waals surface area contributed by atoms with E-state index < -0.39 is 18.0 Å². The van der Waals surface area contributed by atoms with Crippen LogP contribution in [0.5, 0.6) is 5.75 Å². The van der Waals surface area contributed by atoms with Crippen LogP contribution in [0.25, 0.3) is 0 Å². The van der Waals surface area contributed by atoms with Crippen LogP contribution in [0.2, 0.25) is 0 Å². The largest absolute Gasteiger partial charge is 0.479 e. The van der Waals surface area contributed by atoms with Crippen molar-refractivity contribution < 1.29 is 23.9 Å². The Morgan fingerprint density at radius 1 is 1.27 bits per heavy atom. The number of hydrogen-bond donors (Lipinski definition) is 3. The van der Waals surface area contributed by atoms with E-state index in [1.54, 1.807) is 39.0 Å². The second-order valence-corrected chi connectivity index (χ2v) is 6.03. The fraction of sp³-hybridized carbons (Fsp3) is 0.278. The van der Waals surface area contributed by atoms with Crippen molar-refractivity contribution in [2.45, 2.75) is 26.9 Å². The van der Waals surface area contributed by atoms with E-state index in [9.17, 15) is 14.4 Å². The molecule has 1 aliphatic rings. The highest BCUT2D eigenvalue weighted by molar-refractivity contribution is 6.07. The van der Waals surface area contributed by atoms with Gasteiger partial charge in [0.1, 0.15) is 11.4 Å². The van der Waals surface area contributed by atoms with Crippen molar-refractivity contribution in [1.29, 1.82) is 0 Å². The first kappa shape index (κ1) is 17.5. The summed E-state index contributed by atoms with van der Waals surface area (Å²) in [7, 11) is 1.29. The third kappa shape index (κ3) is 3.01. The SMILES string of the molecule is COC(=O)c1c(C)[nH]c(C(=O)Nc2ccc3c(c2)NC(=O)[C@H](C)O3)c1C. The molecule has 3 N–H and O–H groups in total. The second kappa shape index (κ2) is 6.55. The molecule has 0 bridgehead atoms. The van der Waals surface area contributed by atoms with Crippen molar-refractivity contribution in [3.8, 4) is 5.75 Å². The Kier molecular flexibility index (Phi) is 4.41. The summed E-state index contributed by atoms with van der Waals surface area (Å²) in [5.41, 5.74) is 2.65. The molecule has 1 aromatic carbocycles. The first-order valence-corrected chi connectivity index (χ1v) is 8.02. The van der Waals surface area contributed by atoms with Crippen molar-refractivity contribution in [3.63, 3.8) is 0 Å². The maximum absolute atomic E-state index is 12.6. The van der Waals surface area contributed by atoms with E-state index in [-0.39, 0.29) is 11.6 Å². The molecule has 0 unspecified atom stereocenters. The molecule has 0 saturated carbocycles. The van der Waals surface area contributed by atoms with Gasteiger partial charge in [0.05, 0.1) is 18.4 Å². The highest BCUT2D eigenvalue weighted by atomic mass is 16.5. The molecular formula is C18H19N3O5. The summed E-state index contributed by atoms with van der Waals surface area (Å²) in [4.78, 5) is 39.1. The second-order valence-electron chi connectivity index (χ2n) is 6.03. The molecule has 1 aromatic heterocycles. The van der Waals surface area contributed by atoms with Gasteiger partial charge in [0, 0.05) is 11.4 Å². The normalized spacial score (nSPS) is 15.5. The molecule has 1 aliphatic heterocycles. The van der Waals surface area contributed by atoms with E-state index in [1.807, 2.05) is 0 Å². The fourth-order valence-corrected chi connectivity index (χ4v) is 2.87. The summed E-state index contributed by atoms with van der Waals surface area (Å²) >= 11 is 0. The summed E-state index contributed by atoms with van der Waals surface area (Å²) in [6.07, 6.45) is -0.566. The molecule has 26 heavy (non-hydrogen) atoms. The Labute approximate surface area is 149 Å². The molecule has 0 radical (unpaired) electrons. The lowest BCUT2D eigenvalue weighted by molar-refractivity contribution is -0.122. The number of aromatic nitrogens is 1. The Morgan fingerprint density at radius 3 is 2.69 bits per heavy atom. The van der Waals surface area contributed by atoms with Crippen LogP contribution in [-0.4, -0.2) is 36.0 Å². The van der Waals surface area contributed by atoms with Crippen molar-refractivity contribution in [2.24, 2.45) is 0 Å². The van der Waals surface area contributed by atoms with E-state index >= 15 is 0 Å². The molecule has 2 aromatic rings. The van der Waals surface area contributed by atoms with E-state index in [2.05, 4.69) is 15.6 Å². The van der Waals surface area contributed by atoms with Gasteiger partial charge in [0.2, 0.25) is 0 Å². The topological polar surface area (TPSA) is 110 Å². The molecule has 0 spiro atoms. The number of anilines is 2. The van der Waals surface area contributed by atoms with Crippen LogP contribution < -0.4 is 15.4 Å². The zero-order chi connectivity index (χ0) is 19.0. The van der Waals surface area contributed by atoms with Crippen molar-refractivity contribution in [3.05, 3.63) is 40.7 Å². The average Bonchev–Trinajstić information content (AvgIpc) is 2.90. The molecule has 136 valence electrons. The smallest absolute Gasteiger partial charge is 0.339 e. The lowest BCUT2D eigenvalue weighted by Gasteiger charge is -2.23. The van der Waals surface area contributed by atoms with E-state index in [0.29, 0.717) is 33.9 Å². The highest BCUT2D eigenvalue weighted by Gasteiger charge is 2.25. The quantitative estimate of drug-likeness (QED) is 0.731. The van der Waals surface area contributed by atoms with Gasteiger partial charge in [-0.2, -0.15) is 0 Å². The number of fused-ring (bicyclic) bond motifs is 1. The number of aryl methyl sites for hydroxylation is 1. The minimum Gasteiger partial charge on any atom is -0.479 e. The van der Waals surface area contributed by atoms with Gasteiger partial charge < -0.3 is 25.1 Å². The number of carbonyl (C=O) groups excluding carboxylic acids is 3. The number of esters is 1. The van der Waals surface area contributed by atoms with Gasteiger partial charge in [-0.05, 0) is 44.5 Å². The molecule has 0 saturated heterocycles. The van der Waals surface area contributed by atoms with Gasteiger partial charge in [-0.1, -0.05) is 0 Å². The first-order valence-electron chi connectivity index (χ1n) is 8.02. The molecule has 3 rings (SSSR count). The van der Waals surface area contributed by atoms with Gasteiger partial charge in [-0.25, -0.2) is 4.79 Å². The van der Waals surface area contributed by atoms with Crippen LogP contribution >= 0.6 is 0 Å². The molecular weight excluding hydrogens is 338 g/mol. The maximum Gasteiger partial charge on any atom is 0.339 e. The number of H-pyrrole nitrogens is 1. The number of amides is 2. The predicted molar refractivity (Wildman–Crippen MR) is 94.7 cm³/mol. The summed E-state index contributed by atoms with van der Waals surface area (Å²) < 4.78 is 10.2. The van der Waals surface area contributed by atoms with E-state index in [0.717, 1.165) is 0 Å². The molecule has 0 aliphatic carbocycles. The zero-order valence-electron chi connectivity index (χ0n) is 14.9. The minimum atomic E-state index is -0.566. The van der Waals surface area contributed by atoms with Gasteiger partial charge in [-0.15, -0.1) is 0 Å². The van der Waals surface area contributed by atoms with Crippen LogP contribution in [0.4, 0.5) is 11.4 Å². The predicted octanol–water partition coefficient (Wildman–Crippen LogP) is 2.39. The molecule has 8 nitrogen and oxygen atoms in total. The van der Waals surface area contributed by atoms with Crippen molar-refractivity contribution >= 4 is 29.2 Å². The molecule has 2 heterocycles. The van der Waals surface area contributed by atoms with E-state index in [1.165, 1.54) is 7.11 Å². The third-order valence-corrected chi connectivity index (χ3v) is 4.22. The van der Waals surface area contributed by atoms with Crippen LogP contribution in [0.3, 0.4) is 0 Å². The summed E-state index contributed by atoms with van der Waals surface area (Å²) in [6.45, 7) is 5.03. The molecule has 0 fully saturated rings. The number of benzene rings is 1. The summed E-state index contributed by atoms with van der Waals surface area (Å²) in [5.74, 6) is -0.621. The third-order valence-electron chi connectivity index (χ3n) is 4.22. The van der Waals surface area contributed by atoms with Crippen molar-refractivity contribution in [2.75, 3.05) is 17.7 Å². The van der Waals surface area contributed by atoms with E-state index in [4.69, 9.17) is 9.47 Å². The zero-order valence-corrected chi connectivity index (χ0v) is 14.9. The monoisotopic (exact) mass is 357 g/mol. The Balaban J connectivity index is 1.84. The van der Waals surface area contributed by atoms with Crippen LogP contribution in [-0.2, 0) is 9.53 Å². The number of hydrogen-bond acceptors (Lipinski definition) is 5. The molecule has 8 heteroatoms. The van der Waals surface area contributed by atoms with Gasteiger partial charge >= 0.3 is 5.97 Å².